The van der Waals surface area contributed by atoms with Gasteiger partial charge < -0.3 is 26.1 Å². The van der Waals surface area contributed by atoms with Crippen LogP contribution in [0.15, 0.2) is 53.7 Å². The first-order valence-corrected chi connectivity index (χ1v) is 10.2. The molecule has 0 unspecified atom stereocenters. The Labute approximate surface area is 186 Å². The molecule has 3 aromatic rings. The number of carbonyl (C=O) groups excluding carboxylic acids is 2. The Bertz CT molecular complexity index is 1160. The van der Waals surface area contributed by atoms with E-state index in [-0.39, 0.29) is 24.4 Å². The van der Waals surface area contributed by atoms with Crippen molar-refractivity contribution in [3.8, 4) is 11.1 Å². The highest BCUT2D eigenvalue weighted by Crippen LogP contribution is 2.29. The van der Waals surface area contributed by atoms with Gasteiger partial charge in [0.05, 0.1) is 17.3 Å². The fourth-order valence-corrected chi connectivity index (χ4v) is 3.18. The van der Waals surface area contributed by atoms with Crippen LogP contribution < -0.4 is 16.4 Å². The second kappa shape index (κ2) is 10.3. The minimum atomic E-state index is -0.308. The number of anilines is 1. The van der Waals surface area contributed by atoms with Crippen LogP contribution in [0.25, 0.3) is 22.2 Å². The number of amides is 1. The van der Waals surface area contributed by atoms with Gasteiger partial charge in [0.25, 0.3) is 5.91 Å². The van der Waals surface area contributed by atoms with E-state index in [2.05, 4.69) is 30.6 Å². The van der Waals surface area contributed by atoms with E-state index in [0.717, 1.165) is 28.5 Å². The number of aromatic nitrogens is 3. The summed E-state index contributed by atoms with van der Waals surface area (Å²) in [7, 11) is 1.64. The molecule has 0 saturated heterocycles. The van der Waals surface area contributed by atoms with Crippen molar-refractivity contribution < 1.29 is 9.59 Å². The van der Waals surface area contributed by atoms with Crippen molar-refractivity contribution in [2.24, 2.45) is 16.6 Å². The molecule has 0 spiro atoms. The Hall–Kier alpha value is -4.01. The quantitative estimate of drug-likeness (QED) is 0.302. The summed E-state index contributed by atoms with van der Waals surface area (Å²) in [6.45, 7) is 4.21. The maximum absolute atomic E-state index is 12.6. The molecule has 3 heterocycles. The zero-order chi connectivity index (χ0) is 23.1. The first kappa shape index (κ1) is 22.7. The van der Waals surface area contributed by atoms with Gasteiger partial charge in [0, 0.05) is 72.9 Å². The zero-order valence-electron chi connectivity index (χ0n) is 18.3. The summed E-state index contributed by atoms with van der Waals surface area (Å²) >= 11 is 0. The van der Waals surface area contributed by atoms with Crippen LogP contribution in [0, 0.1) is 5.92 Å². The first-order chi connectivity index (χ1) is 15.5. The maximum Gasteiger partial charge on any atom is 0.253 e. The number of fused-ring (bicyclic) bond motifs is 1. The molecule has 32 heavy (non-hydrogen) atoms. The summed E-state index contributed by atoms with van der Waals surface area (Å²) < 4.78 is 0. The number of H-pyrrole nitrogens is 1. The van der Waals surface area contributed by atoms with Crippen LogP contribution in [0.2, 0.25) is 0 Å². The molecule has 0 aromatic carbocycles. The summed E-state index contributed by atoms with van der Waals surface area (Å²) in [5.74, 6) is -0.123. The van der Waals surface area contributed by atoms with Crippen molar-refractivity contribution in [1.29, 1.82) is 0 Å². The summed E-state index contributed by atoms with van der Waals surface area (Å²) in [4.78, 5) is 39.7. The summed E-state index contributed by atoms with van der Waals surface area (Å²) in [6, 6.07) is 3.40. The Morgan fingerprint density at radius 1 is 1.28 bits per heavy atom. The molecule has 3 rings (SSSR count). The van der Waals surface area contributed by atoms with E-state index in [1.165, 1.54) is 12.4 Å². The Morgan fingerprint density at radius 2 is 2.09 bits per heavy atom. The highest BCUT2D eigenvalue weighted by molar-refractivity contribution is 6.01. The third kappa shape index (κ3) is 5.18. The molecule has 0 aliphatic rings. The van der Waals surface area contributed by atoms with Gasteiger partial charge in [0.2, 0.25) is 0 Å². The maximum atomic E-state index is 12.6. The Kier molecular flexibility index (Phi) is 7.33. The van der Waals surface area contributed by atoms with Crippen LogP contribution in [-0.2, 0) is 4.79 Å². The second-order valence-corrected chi connectivity index (χ2v) is 7.65. The monoisotopic (exact) mass is 433 g/mol. The molecule has 0 aliphatic heterocycles. The van der Waals surface area contributed by atoms with Crippen LogP contribution in [0.3, 0.4) is 0 Å². The summed E-state index contributed by atoms with van der Waals surface area (Å²) in [6.07, 6.45) is 10.6. The minimum Gasteiger partial charge on any atom is -0.404 e. The van der Waals surface area contributed by atoms with E-state index >= 15 is 0 Å². The number of nitrogens with zero attached hydrogens (tertiary/aromatic N) is 3. The first-order valence-electron chi connectivity index (χ1n) is 10.2. The van der Waals surface area contributed by atoms with Crippen molar-refractivity contribution in [2.45, 2.75) is 19.9 Å². The van der Waals surface area contributed by atoms with Crippen molar-refractivity contribution in [2.75, 3.05) is 18.9 Å². The van der Waals surface area contributed by atoms with Crippen LogP contribution in [0.1, 0.15) is 24.2 Å². The molecule has 0 fully saturated rings. The number of carbonyl (C=O) groups is 2. The normalized spacial score (nSPS) is 12.9. The van der Waals surface area contributed by atoms with E-state index < -0.39 is 0 Å². The molecule has 5 N–H and O–H groups in total. The number of nitrogens with one attached hydrogen (secondary N) is 3. The molecule has 9 nitrogen and oxygen atoms in total. The number of hydrogen-bond acceptors (Lipinski definition) is 7. The fraction of sp³-hybridized carbons (Fsp3) is 0.261. The second-order valence-electron chi connectivity index (χ2n) is 7.65. The molecular weight excluding hydrogens is 406 g/mol. The average molecular weight is 434 g/mol. The van der Waals surface area contributed by atoms with Gasteiger partial charge >= 0.3 is 0 Å². The molecule has 0 radical (unpaired) electrons. The number of aromatic amines is 1. The lowest BCUT2D eigenvalue weighted by Crippen LogP contribution is -2.27. The van der Waals surface area contributed by atoms with E-state index in [4.69, 9.17) is 5.73 Å². The third-order valence-corrected chi connectivity index (χ3v) is 5.00. The Morgan fingerprint density at radius 3 is 2.78 bits per heavy atom. The minimum absolute atomic E-state index is 0.146. The van der Waals surface area contributed by atoms with Gasteiger partial charge in [-0.3, -0.25) is 14.8 Å². The van der Waals surface area contributed by atoms with Crippen molar-refractivity contribution >= 4 is 35.1 Å². The smallest absolute Gasteiger partial charge is 0.253 e. The number of hydrogen-bond donors (Lipinski definition) is 4. The van der Waals surface area contributed by atoms with E-state index in [1.807, 2.05) is 26.1 Å². The largest absolute Gasteiger partial charge is 0.404 e. The van der Waals surface area contributed by atoms with Gasteiger partial charge in [-0.05, 0) is 18.1 Å². The fourth-order valence-electron chi connectivity index (χ4n) is 3.18. The molecule has 0 saturated carbocycles. The van der Waals surface area contributed by atoms with Crippen LogP contribution in [0.4, 0.5) is 5.69 Å². The molecule has 1 amide bonds. The third-order valence-electron chi connectivity index (χ3n) is 5.00. The molecule has 9 heteroatoms. The number of aliphatic imine (C=N–C) groups is 1. The topological polar surface area (TPSA) is 138 Å². The Balaban J connectivity index is 1.87. The van der Waals surface area contributed by atoms with Crippen molar-refractivity contribution in [3.63, 3.8) is 0 Å². The van der Waals surface area contributed by atoms with Gasteiger partial charge in [0.15, 0.2) is 0 Å². The molecule has 3 aromatic heterocycles. The van der Waals surface area contributed by atoms with Gasteiger partial charge in [-0.15, -0.1) is 0 Å². The zero-order valence-corrected chi connectivity index (χ0v) is 18.3. The van der Waals surface area contributed by atoms with E-state index in [9.17, 15) is 9.59 Å². The standard InChI is InChI=1S/C23H27N7O2/c1-14(2)21(13-31)30-18-4-16(9-26-11-18)20-12-28-22-19(20)5-17(10-27-22)23(32)29-8-15(6-24)7-25-3/h4-7,9-14,21,30H,8,24H2,1-3H3,(H,27,28)(H,29,32)/t21-/m0/s1. The van der Waals surface area contributed by atoms with Gasteiger partial charge in [-0.2, -0.15) is 0 Å². The SMILES string of the molecule is CN=CC(=CN)CNC(=O)c1cnc2[nH]cc(-c3cncc(N[C@@H](C=O)C(C)C)c3)c2c1. The molecule has 0 aliphatic carbocycles. The number of pyridine rings is 2. The average Bonchev–Trinajstić information content (AvgIpc) is 3.23. The highest BCUT2D eigenvalue weighted by atomic mass is 16.1. The van der Waals surface area contributed by atoms with Crippen LogP contribution in [-0.4, -0.2) is 53.0 Å². The van der Waals surface area contributed by atoms with Gasteiger partial charge in [-0.1, -0.05) is 13.8 Å². The molecular formula is C23H27N7O2. The number of aldehydes is 1. The number of nitrogens with two attached hydrogens (primary N) is 1. The van der Waals surface area contributed by atoms with Crippen molar-refractivity contribution in [1.82, 2.24) is 20.3 Å². The predicted molar refractivity (Wildman–Crippen MR) is 127 cm³/mol. The van der Waals surface area contributed by atoms with Crippen LogP contribution >= 0.6 is 0 Å². The molecule has 1 atom stereocenters. The highest BCUT2D eigenvalue weighted by Gasteiger charge is 2.15. The summed E-state index contributed by atoms with van der Waals surface area (Å²) in [5.41, 5.74) is 9.75. The van der Waals surface area contributed by atoms with E-state index in [1.54, 1.807) is 31.7 Å². The summed E-state index contributed by atoms with van der Waals surface area (Å²) in [5, 5.41) is 6.81. The van der Waals surface area contributed by atoms with Gasteiger partial charge in [-0.25, -0.2) is 4.98 Å². The molecule has 0 bridgehead atoms. The van der Waals surface area contributed by atoms with E-state index in [0.29, 0.717) is 16.8 Å². The lowest BCUT2D eigenvalue weighted by Gasteiger charge is -2.17. The lowest BCUT2D eigenvalue weighted by molar-refractivity contribution is -0.109. The molecule has 166 valence electrons. The predicted octanol–water partition coefficient (Wildman–Crippen LogP) is 2.53. The lowest BCUT2D eigenvalue weighted by atomic mass is 10.0. The number of rotatable bonds is 9. The van der Waals surface area contributed by atoms with Crippen LogP contribution in [0.5, 0.6) is 0 Å². The van der Waals surface area contributed by atoms with Crippen molar-refractivity contribution in [3.05, 3.63) is 54.3 Å². The van der Waals surface area contributed by atoms with Gasteiger partial charge in [0.1, 0.15) is 11.9 Å².